The molecule has 1 aromatic heterocycles. The van der Waals surface area contributed by atoms with Crippen LogP contribution in [0.4, 0.5) is 4.39 Å². The van der Waals surface area contributed by atoms with Gasteiger partial charge in [-0.25, -0.2) is 4.39 Å². The second-order valence-electron chi connectivity index (χ2n) is 6.30. The number of carbonyl (C=O) groups is 1. The van der Waals surface area contributed by atoms with Crippen LogP contribution < -0.4 is 4.87 Å². The van der Waals surface area contributed by atoms with E-state index in [1.54, 1.807) is 12.1 Å². The van der Waals surface area contributed by atoms with Crippen LogP contribution in [0.3, 0.4) is 0 Å². The Balaban J connectivity index is 1.92. The Morgan fingerprint density at radius 1 is 1.29 bits per heavy atom. The second-order valence-corrected chi connectivity index (χ2v) is 7.46. The Morgan fingerprint density at radius 2 is 2.00 bits per heavy atom. The molecule has 0 radical (unpaired) electrons. The average Bonchev–Trinajstić information content (AvgIpc) is 2.82. The summed E-state index contributed by atoms with van der Waals surface area (Å²) in [7, 11) is 0. The Hall–Kier alpha value is -1.95. The van der Waals surface area contributed by atoms with Gasteiger partial charge in [-0.05, 0) is 62.9 Å². The third-order valence-corrected chi connectivity index (χ3v) is 5.49. The Morgan fingerprint density at radius 3 is 2.67 bits per heavy atom. The lowest BCUT2D eigenvalue weighted by Crippen LogP contribution is -2.44. The summed E-state index contributed by atoms with van der Waals surface area (Å²) in [6.45, 7) is 4.71. The number of nitrogens with zero attached hydrogens (tertiary/aromatic N) is 2. The smallest absolute Gasteiger partial charge is 0.308 e. The number of carbonyl (C=O) groups excluding carboxylic acids is 1. The van der Waals surface area contributed by atoms with Crippen LogP contribution in [0.25, 0.3) is 11.3 Å². The zero-order valence-electron chi connectivity index (χ0n) is 13.9. The maximum Gasteiger partial charge on any atom is 0.308 e. The second kappa shape index (κ2) is 6.89. The molecule has 0 saturated carbocycles. The third kappa shape index (κ3) is 3.29. The van der Waals surface area contributed by atoms with Crippen molar-refractivity contribution in [2.75, 3.05) is 6.54 Å². The number of hydrogen-bond donors (Lipinski definition) is 0. The van der Waals surface area contributed by atoms with Crippen molar-refractivity contribution in [1.29, 1.82) is 0 Å². The molecule has 1 saturated heterocycles. The summed E-state index contributed by atoms with van der Waals surface area (Å²) < 4.78 is 14.7. The van der Waals surface area contributed by atoms with Crippen LogP contribution in [0.5, 0.6) is 0 Å². The van der Waals surface area contributed by atoms with Crippen LogP contribution >= 0.6 is 11.3 Å². The van der Waals surface area contributed by atoms with E-state index in [-0.39, 0.29) is 29.2 Å². The van der Waals surface area contributed by atoms with Gasteiger partial charge in [0.1, 0.15) is 12.4 Å². The van der Waals surface area contributed by atoms with Crippen LogP contribution in [0, 0.1) is 12.7 Å². The molecule has 1 amide bonds. The Kier molecular flexibility index (Phi) is 4.85. The molecule has 6 heteroatoms. The van der Waals surface area contributed by atoms with Crippen LogP contribution in [0.15, 0.2) is 29.1 Å². The Bertz CT molecular complexity index is 794. The average molecular weight is 348 g/mol. The molecule has 1 fully saturated rings. The lowest BCUT2D eigenvalue weighted by atomic mass is 10.0. The number of benzene rings is 1. The molecular formula is C18H21FN2O2S. The molecular weight excluding hydrogens is 327 g/mol. The first-order valence-electron chi connectivity index (χ1n) is 8.23. The molecule has 2 heterocycles. The number of rotatable bonds is 3. The lowest BCUT2D eigenvalue weighted by Gasteiger charge is -2.33. The molecule has 1 aliphatic rings. The Labute approximate surface area is 144 Å². The van der Waals surface area contributed by atoms with Gasteiger partial charge >= 0.3 is 4.87 Å². The monoisotopic (exact) mass is 348 g/mol. The molecule has 1 atom stereocenters. The number of piperidine rings is 1. The highest BCUT2D eigenvalue weighted by molar-refractivity contribution is 7.09. The van der Waals surface area contributed by atoms with Crippen LogP contribution in [0.2, 0.25) is 0 Å². The molecule has 1 aliphatic heterocycles. The minimum absolute atomic E-state index is 0.0227. The van der Waals surface area contributed by atoms with E-state index in [2.05, 4.69) is 6.92 Å². The van der Waals surface area contributed by atoms with Crippen LogP contribution in [0.1, 0.15) is 31.1 Å². The van der Waals surface area contributed by atoms with Crippen molar-refractivity contribution in [3.05, 3.63) is 44.6 Å². The number of amides is 1. The standard InChI is InChI=1S/C18H21FN2O2S/c1-12-5-3-4-10-20(12)16(22)11-21-17(13(2)24-18(21)23)14-6-8-15(19)9-7-14/h6-9,12H,3-5,10-11H2,1-2H3/t12-/m0/s1. The van der Waals surface area contributed by atoms with Gasteiger partial charge in [-0.2, -0.15) is 0 Å². The predicted octanol–water partition coefficient (Wildman–Crippen LogP) is 3.43. The van der Waals surface area contributed by atoms with E-state index in [9.17, 15) is 14.0 Å². The summed E-state index contributed by atoms with van der Waals surface area (Å²) >= 11 is 1.13. The first-order chi connectivity index (χ1) is 11.5. The zero-order chi connectivity index (χ0) is 17.3. The van der Waals surface area contributed by atoms with E-state index < -0.39 is 0 Å². The van der Waals surface area contributed by atoms with Gasteiger partial charge in [0.2, 0.25) is 5.91 Å². The molecule has 2 aromatic rings. The van der Waals surface area contributed by atoms with Crippen molar-refractivity contribution in [2.24, 2.45) is 0 Å². The minimum Gasteiger partial charge on any atom is -0.338 e. The van der Waals surface area contributed by atoms with Crippen LogP contribution in [-0.4, -0.2) is 28.0 Å². The van der Waals surface area contributed by atoms with Crippen molar-refractivity contribution in [2.45, 2.75) is 45.7 Å². The van der Waals surface area contributed by atoms with Crippen molar-refractivity contribution in [3.63, 3.8) is 0 Å². The van der Waals surface area contributed by atoms with E-state index in [4.69, 9.17) is 0 Å². The molecule has 0 N–H and O–H groups in total. The van der Waals surface area contributed by atoms with Crippen LogP contribution in [-0.2, 0) is 11.3 Å². The lowest BCUT2D eigenvalue weighted by molar-refractivity contribution is -0.135. The SMILES string of the molecule is Cc1sc(=O)n(CC(=O)N2CCCC[C@@H]2C)c1-c1ccc(F)cc1. The van der Waals surface area contributed by atoms with Crippen molar-refractivity contribution < 1.29 is 9.18 Å². The normalized spacial score (nSPS) is 18.0. The molecule has 24 heavy (non-hydrogen) atoms. The zero-order valence-corrected chi connectivity index (χ0v) is 14.7. The van der Waals surface area contributed by atoms with Crippen molar-refractivity contribution in [3.8, 4) is 11.3 Å². The summed E-state index contributed by atoms with van der Waals surface area (Å²) in [5.74, 6) is -0.343. The van der Waals surface area contributed by atoms with E-state index in [0.29, 0.717) is 5.69 Å². The molecule has 1 aromatic carbocycles. The van der Waals surface area contributed by atoms with Gasteiger partial charge in [0.05, 0.1) is 5.69 Å². The van der Waals surface area contributed by atoms with Crippen molar-refractivity contribution >= 4 is 17.2 Å². The fourth-order valence-corrected chi connectivity index (χ4v) is 4.17. The third-order valence-electron chi connectivity index (χ3n) is 4.60. The molecule has 0 unspecified atom stereocenters. The van der Waals surface area contributed by atoms with Gasteiger partial charge in [-0.3, -0.25) is 14.2 Å². The highest BCUT2D eigenvalue weighted by Gasteiger charge is 2.25. The number of aromatic nitrogens is 1. The fraction of sp³-hybridized carbons (Fsp3) is 0.444. The maximum absolute atomic E-state index is 13.2. The van der Waals surface area contributed by atoms with Gasteiger partial charge in [0.25, 0.3) is 0 Å². The van der Waals surface area contributed by atoms with Gasteiger partial charge in [-0.15, -0.1) is 0 Å². The summed E-state index contributed by atoms with van der Waals surface area (Å²) in [5, 5.41) is 0. The molecule has 128 valence electrons. The first kappa shape index (κ1) is 16.9. The first-order valence-corrected chi connectivity index (χ1v) is 9.04. The summed E-state index contributed by atoms with van der Waals surface area (Å²) in [4.78, 5) is 27.6. The number of hydrogen-bond acceptors (Lipinski definition) is 3. The van der Waals surface area contributed by atoms with Crippen molar-refractivity contribution in [1.82, 2.24) is 9.47 Å². The summed E-state index contributed by atoms with van der Waals surface area (Å²) in [6.07, 6.45) is 3.16. The fourth-order valence-electron chi connectivity index (χ4n) is 3.32. The number of thiazole rings is 1. The highest BCUT2D eigenvalue weighted by atomic mass is 32.1. The van der Waals surface area contributed by atoms with Gasteiger partial charge in [-0.1, -0.05) is 11.3 Å². The van der Waals surface area contributed by atoms with E-state index in [1.165, 1.54) is 16.7 Å². The van der Waals surface area contributed by atoms with Gasteiger partial charge in [0, 0.05) is 17.5 Å². The van der Waals surface area contributed by atoms with Gasteiger partial charge in [0.15, 0.2) is 0 Å². The molecule has 0 aliphatic carbocycles. The van der Waals surface area contributed by atoms with E-state index in [1.807, 2.05) is 11.8 Å². The highest BCUT2D eigenvalue weighted by Crippen LogP contribution is 2.26. The summed E-state index contributed by atoms with van der Waals surface area (Å²) in [5.41, 5.74) is 1.47. The van der Waals surface area contributed by atoms with E-state index in [0.717, 1.165) is 47.6 Å². The number of aryl methyl sites for hydroxylation is 1. The minimum atomic E-state index is -0.321. The largest absolute Gasteiger partial charge is 0.338 e. The number of halogens is 1. The topological polar surface area (TPSA) is 42.3 Å². The van der Waals surface area contributed by atoms with E-state index >= 15 is 0 Å². The summed E-state index contributed by atoms with van der Waals surface area (Å²) in [6, 6.07) is 6.25. The molecule has 0 spiro atoms. The quantitative estimate of drug-likeness (QED) is 0.853. The number of likely N-dealkylation sites (tertiary alicyclic amines) is 1. The van der Waals surface area contributed by atoms with Gasteiger partial charge < -0.3 is 4.90 Å². The molecule has 3 rings (SSSR count). The predicted molar refractivity (Wildman–Crippen MR) is 93.7 cm³/mol. The molecule has 4 nitrogen and oxygen atoms in total. The maximum atomic E-state index is 13.2. The molecule has 0 bridgehead atoms.